The molecule has 94 valence electrons. The van der Waals surface area contributed by atoms with Gasteiger partial charge in [-0.05, 0) is 31.2 Å². The summed E-state index contributed by atoms with van der Waals surface area (Å²) in [5.41, 5.74) is 2.55. The Bertz CT molecular complexity index is 702. The van der Waals surface area contributed by atoms with Crippen molar-refractivity contribution in [2.75, 3.05) is 0 Å². The molecule has 0 amide bonds. The number of phenols is 1. The second-order valence-electron chi connectivity index (χ2n) is 4.34. The van der Waals surface area contributed by atoms with Crippen molar-refractivity contribution in [3.63, 3.8) is 0 Å². The molecule has 0 spiro atoms. The van der Waals surface area contributed by atoms with Crippen molar-refractivity contribution in [1.82, 2.24) is 4.98 Å². The molecule has 1 N–H and O–H groups in total. The van der Waals surface area contributed by atoms with E-state index >= 15 is 0 Å². The summed E-state index contributed by atoms with van der Waals surface area (Å²) < 4.78 is 5.70. The van der Waals surface area contributed by atoms with Crippen LogP contribution in [-0.2, 0) is 0 Å². The number of nitrogens with zero attached hydrogens (tertiary/aromatic N) is 1. The van der Waals surface area contributed by atoms with Gasteiger partial charge in [-0.3, -0.25) is 0 Å². The lowest BCUT2D eigenvalue weighted by Crippen LogP contribution is -1.81. The van der Waals surface area contributed by atoms with E-state index in [1.54, 1.807) is 18.2 Å². The van der Waals surface area contributed by atoms with Crippen molar-refractivity contribution in [3.05, 3.63) is 60.4 Å². The van der Waals surface area contributed by atoms with Gasteiger partial charge in [0.15, 0.2) is 0 Å². The predicted molar refractivity (Wildman–Crippen MR) is 73.8 cm³/mol. The lowest BCUT2D eigenvalue weighted by molar-refractivity contribution is 0.475. The molecular formula is C16H13NO2. The largest absolute Gasteiger partial charge is 0.508 e. The van der Waals surface area contributed by atoms with Gasteiger partial charge in [0.2, 0.25) is 5.89 Å². The van der Waals surface area contributed by atoms with Gasteiger partial charge in [0.25, 0.3) is 0 Å². The van der Waals surface area contributed by atoms with Gasteiger partial charge in [0.1, 0.15) is 17.2 Å². The number of benzene rings is 2. The van der Waals surface area contributed by atoms with E-state index in [0.717, 1.165) is 22.6 Å². The molecule has 19 heavy (non-hydrogen) atoms. The number of aryl methyl sites for hydroxylation is 1. The molecule has 1 aromatic heterocycles. The smallest absolute Gasteiger partial charge is 0.226 e. The van der Waals surface area contributed by atoms with Crippen molar-refractivity contribution in [2.24, 2.45) is 0 Å². The Morgan fingerprint density at radius 2 is 1.68 bits per heavy atom. The van der Waals surface area contributed by atoms with Crippen molar-refractivity contribution in [1.29, 1.82) is 0 Å². The number of oxazole rings is 1. The third-order valence-corrected chi connectivity index (χ3v) is 2.94. The lowest BCUT2D eigenvalue weighted by atomic mass is 10.1. The first kappa shape index (κ1) is 11.5. The highest BCUT2D eigenvalue weighted by molar-refractivity contribution is 5.66. The maximum absolute atomic E-state index is 9.53. The Morgan fingerprint density at radius 3 is 2.42 bits per heavy atom. The Morgan fingerprint density at radius 1 is 0.947 bits per heavy atom. The molecule has 0 saturated carbocycles. The minimum atomic E-state index is 0.223. The fourth-order valence-electron chi connectivity index (χ4n) is 2.02. The maximum atomic E-state index is 9.53. The van der Waals surface area contributed by atoms with Crippen molar-refractivity contribution >= 4 is 0 Å². The standard InChI is InChI=1S/C16H13NO2/c1-11-15(13-8-5-9-14(18)10-13)17-16(19-11)12-6-3-2-4-7-12/h2-10,18H,1H3. The molecule has 0 atom stereocenters. The third kappa shape index (κ3) is 2.22. The molecule has 0 bridgehead atoms. The van der Waals surface area contributed by atoms with Gasteiger partial charge >= 0.3 is 0 Å². The number of hydrogen-bond acceptors (Lipinski definition) is 3. The summed E-state index contributed by atoms with van der Waals surface area (Å²) >= 11 is 0. The van der Waals surface area contributed by atoms with E-state index in [1.807, 2.05) is 43.3 Å². The number of phenolic OH excluding ortho intramolecular Hbond substituents is 1. The summed E-state index contributed by atoms with van der Waals surface area (Å²) in [6.07, 6.45) is 0. The van der Waals surface area contributed by atoms with E-state index in [-0.39, 0.29) is 5.75 Å². The van der Waals surface area contributed by atoms with Crippen molar-refractivity contribution in [3.8, 4) is 28.5 Å². The van der Waals surface area contributed by atoms with Gasteiger partial charge in [-0.1, -0.05) is 30.3 Å². The number of hydrogen-bond donors (Lipinski definition) is 1. The minimum absolute atomic E-state index is 0.223. The van der Waals surface area contributed by atoms with E-state index in [9.17, 15) is 5.11 Å². The molecule has 3 nitrogen and oxygen atoms in total. The molecule has 0 aliphatic rings. The summed E-state index contributed by atoms with van der Waals surface area (Å²) in [6.45, 7) is 1.87. The van der Waals surface area contributed by atoms with Gasteiger partial charge < -0.3 is 9.52 Å². The van der Waals surface area contributed by atoms with Crippen LogP contribution < -0.4 is 0 Å². The van der Waals surface area contributed by atoms with E-state index < -0.39 is 0 Å². The SMILES string of the molecule is Cc1oc(-c2ccccc2)nc1-c1cccc(O)c1. The summed E-state index contributed by atoms with van der Waals surface area (Å²) in [4.78, 5) is 4.51. The van der Waals surface area contributed by atoms with Crippen LogP contribution in [0.25, 0.3) is 22.7 Å². The van der Waals surface area contributed by atoms with Gasteiger partial charge in [0, 0.05) is 11.1 Å². The Balaban J connectivity index is 2.08. The maximum Gasteiger partial charge on any atom is 0.226 e. The van der Waals surface area contributed by atoms with Crippen LogP contribution in [0.3, 0.4) is 0 Å². The van der Waals surface area contributed by atoms with E-state index in [1.165, 1.54) is 0 Å². The molecule has 1 heterocycles. The molecule has 3 rings (SSSR count). The van der Waals surface area contributed by atoms with Crippen LogP contribution in [0.15, 0.2) is 59.0 Å². The fourth-order valence-corrected chi connectivity index (χ4v) is 2.02. The molecule has 2 aromatic carbocycles. The van der Waals surface area contributed by atoms with Gasteiger partial charge in [-0.15, -0.1) is 0 Å². The number of aromatic hydroxyl groups is 1. The van der Waals surface area contributed by atoms with Gasteiger partial charge in [-0.2, -0.15) is 0 Å². The molecule has 0 aliphatic carbocycles. The quantitative estimate of drug-likeness (QED) is 0.748. The molecule has 3 aromatic rings. The molecule has 0 saturated heterocycles. The zero-order valence-corrected chi connectivity index (χ0v) is 10.5. The summed E-state index contributed by atoms with van der Waals surface area (Å²) in [7, 11) is 0. The van der Waals surface area contributed by atoms with E-state index in [0.29, 0.717) is 5.89 Å². The summed E-state index contributed by atoms with van der Waals surface area (Å²) in [5, 5.41) is 9.53. The van der Waals surface area contributed by atoms with E-state index in [2.05, 4.69) is 4.98 Å². The lowest BCUT2D eigenvalue weighted by Gasteiger charge is -1.97. The van der Waals surface area contributed by atoms with Crippen LogP contribution in [0, 0.1) is 6.92 Å². The Labute approximate surface area is 111 Å². The highest BCUT2D eigenvalue weighted by Gasteiger charge is 2.13. The van der Waals surface area contributed by atoms with Crippen LogP contribution in [0.4, 0.5) is 0 Å². The molecular weight excluding hydrogens is 238 g/mol. The zero-order valence-electron chi connectivity index (χ0n) is 10.5. The fraction of sp³-hybridized carbons (Fsp3) is 0.0625. The monoisotopic (exact) mass is 251 g/mol. The normalized spacial score (nSPS) is 10.6. The van der Waals surface area contributed by atoms with Crippen molar-refractivity contribution < 1.29 is 9.52 Å². The molecule has 0 unspecified atom stereocenters. The van der Waals surface area contributed by atoms with Crippen molar-refractivity contribution in [2.45, 2.75) is 6.92 Å². The number of rotatable bonds is 2. The zero-order chi connectivity index (χ0) is 13.2. The topological polar surface area (TPSA) is 46.3 Å². The van der Waals surface area contributed by atoms with Crippen LogP contribution in [0.5, 0.6) is 5.75 Å². The second-order valence-corrected chi connectivity index (χ2v) is 4.34. The predicted octanol–water partition coefficient (Wildman–Crippen LogP) is 4.02. The highest BCUT2D eigenvalue weighted by atomic mass is 16.4. The second kappa shape index (κ2) is 4.61. The minimum Gasteiger partial charge on any atom is -0.508 e. The van der Waals surface area contributed by atoms with E-state index in [4.69, 9.17) is 4.42 Å². The van der Waals surface area contributed by atoms with Crippen LogP contribution in [0.2, 0.25) is 0 Å². The first-order chi connectivity index (χ1) is 9.24. The number of aromatic nitrogens is 1. The summed E-state index contributed by atoms with van der Waals surface area (Å²) in [6, 6.07) is 16.8. The first-order valence-electron chi connectivity index (χ1n) is 6.06. The molecule has 0 fully saturated rings. The third-order valence-electron chi connectivity index (χ3n) is 2.94. The van der Waals surface area contributed by atoms with Gasteiger partial charge in [-0.25, -0.2) is 4.98 Å². The van der Waals surface area contributed by atoms with Crippen LogP contribution in [0.1, 0.15) is 5.76 Å². The van der Waals surface area contributed by atoms with Crippen LogP contribution in [-0.4, -0.2) is 10.1 Å². The highest BCUT2D eigenvalue weighted by Crippen LogP contribution is 2.29. The van der Waals surface area contributed by atoms with Gasteiger partial charge in [0.05, 0.1) is 0 Å². The Hall–Kier alpha value is -2.55. The first-order valence-corrected chi connectivity index (χ1v) is 6.06. The summed E-state index contributed by atoms with van der Waals surface area (Å²) in [5.74, 6) is 1.56. The average Bonchev–Trinajstić information content (AvgIpc) is 2.82. The molecule has 0 aliphatic heterocycles. The Kier molecular flexibility index (Phi) is 2.80. The van der Waals surface area contributed by atoms with Crippen LogP contribution >= 0.6 is 0 Å². The molecule has 3 heteroatoms. The average molecular weight is 251 g/mol. The molecule has 0 radical (unpaired) electrons.